The molecular weight excluding hydrogens is 328 g/mol. The molecule has 0 atom stereocenters. The molecule has 0 fully saturated rings. The lowest BCUT2D eigenvalue weighted by Crippen LogP contribution is -2.24. The van der Waals surface area contributed by atoms with E-state index in [1.807, 2.05) is 0 Å². The third kappa shape index (κ3) is 2.35. The highest BCUT2D eigenvalue weighted by Gasteiger charge is 2.39. The highest BCUT2D eigenvalue weighted by atomic mass is 16.6. The first-order valence-corrected chi connectivity index (χ1v) is 7.20. The summed E-state index contributed by atoms with van der Waals surface area (Å²) >= 11 is 0. The molecule has 0 saturated carbocycles. The second-order valence-corrected chi connectivity index (χ2v) is 5.35. The Hall–Kier alpha value is -3.55. The lowest BCUT2D eigenvalue weighted by Gasteiger charge is -2.10. The fourth-order valence-electron chi connectivity index (χ4n) is 2.84. The zero-order valence-electron chi connectivity index (χ0n) is 13.3. The van der Waals surface area contributed by atoms with Gasteiger partial charge in [-0.05, 0) is 12.1 Å². The molecule has 126 valence electrons. The van der Waals surface area contributed by atoms with Gasteiger partial charge in [-0.2, -0.15) is 0 Å². The van der Waals surface area contributed by atoms with Gasteiger partial charge in [0.05, 0.1) is 34.3 Å². The fourth-order valence-corrected chi connectivity index (χ4v) is 2.84. The maximum Gasteiger partial charge on any atom is 0.338 e. The Morgan fingerprint density at radius 1 is 1.04 bits per heavy atom. The molecule has 1 aliphatic heterocycles. The number of ether oxygens (including phenoxy) is 1. The van der Waals surface area contributed by atoms with Crippen LogP contribution in [0.25, 0.3) is 11.1 Å². The molecule has 25 heavy (non-hydrogen) atoms. The Morgan fingerprint density at radius 3 is 2.32 bits per heavy atom. The van der Waals surface area contributed by atoms with E-state index in [2.05, 4.69) is 4.74 Å². The summed E-state index contributed by atoms with van der Waals surface area (Å²) in [4.78, 5) is 48.5. The number of hydrogen-bond donors (Lipinski definition) is 0. The van der Waals surface area contributed by atoms with Crippen molar-refractivity contribution in [1.82, 2.24) is 4.90 Å². The van der Waals surface area contributed by atoms with E-state index in [0.717, 1.165) is 12.0 Å². The minimum atomic E-state index is -0.762. The van der Waals surface area contributed by atoms with Gasteiger partial charge in [-0.15, -0.1) is 0 Å². The molecule has 0 unspecified atom stereocenters. The summed E-state index contributed by atoms with van der Waals surface area (Å²) in [6.07, 6.45) is 0. The van der Waals surface area contributed by atoms with Crippen molar-refractivity contribution < 1.29 is 24.0 Å². The Balaban J connectivity index is 2.37. The molecule has 2 amide bonds. The molecule has 8 nitrogen and oxygen atoms in total. The molecule has 0 aromatic heterocycles. The van der Waals surface area contributed by atoms with E-state index in [-0.39, 0.29) is 33.5 Å². The van der Waals surface area contributed by atoms with Gasteiger partial charge < -0.3 is 4.74 Å². The molecule has 3 rings (SSSR count). The van der Waals surface area contributed by atoms with Gasteiger partial charge in [0.15, 0.2) is 0 Å². The molecule has 0 radical (unpaired) electrons. The summed E-state index contributed by atoms with van der Waals surface area (Å²) in [5.41, 5.74) is 0.0156. The van der Waals surface area contributed by atoms with Crippen molar-refractivity contribution in [2.75, 3.05) is 14.2 Å². The molecule has 1 heterocycles. The molecule has 0 aliphatic carbocycles. The largest absolute Gasteiger partial charge is 0.465 e. The number of carbonyl (C=O) groups is 3. The smallest absolute Gasteiger partial charge is 0.338 e. The first-order valence-electron chi connectivity index (χ1n) is 7.20. The summed E-state index contributed by atoms with van der Waals surface area (Å²) in [6, 6.07) is 8.64. The Labute approximate surface area is 141 Å². The average Bonchev–Trinajstić information content (AvgIpc) is 2.85. The molecule has 2 aromatic carbocycles. The van der Waals surface area contributed by atoms with Crippen LogP contribution in [0.4, 0.5) is 5.69 Å². The van der Waals surface area contributed by atoms with Gasteiger partial charge in [0.2, 0.25) is 0 Å². The van der Waals surface area contributed by atoms with E-state index in [9.17, 15) is 24.5 Å². The number of carbonyl (C=O) groups excluding carboxylic acids is 3. The van der Waals surface area contributed by atoms with Crippen LogP contribution in [-0.4, -0.2) is 41.8 Å². The molecular formula is C17H12N2O6. The van der Waals surface area contributed by atoms with Crippen molar-refractivity contribution in [3.63, 3.8) is 0 Å². The van der Waals surface area contributed by atoms with Crippen molar-refractivity contribution in [3.8, 4) is 11.1 Å². The van der Waals surface area contributed by atoms with E-state index >= 15 is 0 Å². The standard InChI is InChI=1S/C17H12N2O6/c1-18-15(20)13-10(9-5-3-4-6-12(9)19(23)24)7-8-11(17(22)25-2)14(13)16(18)21/h3-8H,1-2H3. The second-order valence-electron chi connectivity index (χ2n) is 5.35. The summed E-state index contributed by atoms with van der Waals surface area (Å²) in [5.74, 6) is -2.04. The van der Waals surface area contributed by atoms with Crippen molar-refractivity contribution in [2.24, 2.45) is 0 Å². The number of nitro benzene ring substituents is 1. The van der Waals surface area contributed by atoms with Gasteiger partial charge in [0.1, 0.15) is 0 Å². The normalized spacial score (nSPS) is 13.0. The predicted octanol–water partition coefficient (Wildman–Crippen LogP) is 2.27. The van der Waals surface area contributed by atoms with Gasteiger partial charge in [-0.1, -0.05) is 18.2 Å². The number of benzene rings is 2. The molecule has 0 spiro atoms. The molecule has 1 aliphatic rings. The summed E-state index contributed by atoms with van der Waals surface area (Å²) in [5, 5.41) is 11.3. The van der Waals surface area contributed by atoms with Crippen molar-refractivity contribution in [2.45, 2.75) is 0 Å². The lowest BCUT2D eigenvalue weighted by molar-refractivity contribution is -0.384. The van der Waals surface area contributed by atoms with Crippen molar-refractivity contribution in [1.29, 1.82) is 0 Å². The number of imide groups is 1. The number of esters is 1. The molecule has 0 bridgehead atoms. The Morgan fingerprint density at radius 2 is 1.68 bits per heavy atom. The van der Waals surface area contributed by atoms with Gasteiger partial charge in [-0.25, -0.2) is 4.79 Å². The minimum Gasteiger partial charge on any atom is -0.465 e. The van der Waals surface area contributed by atoms with E-state index < -0.39 is 22.7 Å². The Bertz CT molecular complexity index is 950. The number of fused-ring (bicyclic) bond motifs is 1. The molecule has 8 heteroatoms. The van der Waals surface area contributed by atoms with Crippen molar-refractivity contribution in [3.05, 3.63) is 63.2 Å². The van der Waals surface area contributed by atoms with Crippen LogP contribution in [0.3, 0.4) is 0 Å². The van der Waals surface area contributed by atoms with E-state index in [1.54, 1.807) is 6.07 Å². The minimum absolute atomic E-state index is 0.0373. The van der Waals surface area contributed by atoms with Crippen LogP contribution in [0.5, 0.6) is 0 Å². The Kier molecular flexibility index (Phi) is 3.80. The maximum atomic E-state index is 12.5. The van der Waals surface area contributed by atoms with Gasteiger partial charge in [-0.3, -0.25) is 24.6 Å². The van der Waals surface area contributed by atoms with Crippen LogP contribution < -0.4 is 0 Å². The number of nitro groups is 1. The molecule has 2 aromatic rings. The number of methoxy groups -OCH3 is 1. The van der Waals surface area contributed by atoms with E-state index in [0.29, 0.717) is 0 Å². The molecule has 0 N–H and O–H groups in total. The van der Waals surface area contributed by atoms with Crippen LogP contribution in [0.2, 0.25) is 0 Å². The number of amides is 2. The number of rotatable bonds is 3. The number of hydrogen-bond acceptors (Lipinski definition) is 6. The summed E-state index contributed by atoms with van der Waals surface area (Å²) < 4.78 is 4.66. The van der Waals surface area contributed by atoms with Gasteiger partial charge in [0.25, 0.3) is 17.5 Å². The third-order valence-electron chi connectivity index (χ3n) is 4.04. The van der Waals surface area contributed by atoms with E-state index in [4.69, 9.17) is 0 Å². The number of para-hydroxylation sites is 1. The van der Waals surface area contributed by atoms with Gasteiger partial charge in [0, 0.05) is 18.7 Å². The predicted molar refractivity (Wildman–Crippen MR) is 86.3 cm³/mol. The summed E-state index contributed by atoms with van der Waals surface area (Å²) in [7, 11) is 2.45. The van der Waals surface area contributed by atoms with Crippen LogP contribution >= 0.6 is 0 Å². The zero-order chi connectivity index (χ0) is 18.3. The zero-order valence-corrected chi connectivity index (χ0v) is 13.3. The maximum absolute atomic E-state index is 12.5. The first kappa shape index (κ1) is 16.3. The monoisotopic (exact) mass is 340 g/mol. The topological polar surface area (TPSA) is 107 Å². The highest BCUT2D eigenvalue weighted by Crippen LogP contribution is 2.38. The first-order chi connectivity index (χ1) is 11.9. The highest BCUT2D eigenvalue weighted by molar-refractivity contribution is 6.27. The van der Waals surface area contributed by atoms with Crippen LogP contribution in [0.15, 0.2) is 36.4 Å². The van der Waals surface area contributed by atoms with E-state index in [1.165, 1.54) is 37.4 Å². The quantitative estimate of drug-likeness (QED) is 0.367. The summed E-state index contributed by atoms with van der Waals surface area (Å²) in [6.45, 7) is 0. The van der Waals surface area contributed by atoms with Crippen LogP contribution in [0, 0.1) is 10.1 Å². The van der Waals surface area contributed by atoms with Crippen LogP contribution in [-0.2, 0) is 4.74 Å². The van der Waals surface area contributed by atoms with Gasteiger partial charge >= 0.3 is 5.97 Å². The lowest BCUT2D eigenvalue weighted by atomic mass is 9.92. The third-order valence-corrected chi connectivity index (χ3v) is 4.04. The van der Waals surface area contributed by atoms with Crippen molar-refractivity contribution >= 4 is 23.5 Å². The fraction of sp³-hybridized carbons (Fsp3) is 0.118. The second kappa shape index (κ2) is 5.82. The van der Waals surface area contributed by atoms with Crippen LogP contribution in [0.1, 0.15) is 31.1 Å². The molecule has 0 saturated heterocycles. The average molecular weight is 340 g/mol. The number of nitrogens with zero attached hydrogens (tertiary/aromatic N) is 2. The SMILES string of the molecule is COC(=O)c1ccc(-c2ccccc2[N+](=O)[O-])c2c1C(=O)N(C)C2=O.